The lowest BCUT2D eigenvalue weighted by atomic mass is 10.1. The van der Waals surface area contributed by atoms with Gasteiger partial charge in [0.2, 0.25) is 0 Å². The number of halogens is 2. The Hall–Kier alpha value is -2.50. The van der Waals surface area contributed by atoms with Gasteiger partial charge in [0.05, 0.1) is 17.4 Å². The molecule has 110 valence electrons. The van der Waals surface area contributed by atoms with E-state index in [1.54, 1.807) is 19.3 Å². The molecule has 2 rings (SSSR count). The third-order valence-electron chi connectivity index (χ3n) is 2.96. The van der Waals surface area contributed by atoms with Crippen molar-refractivity contribution in [1.82, 2.24) is 10.3 Å². The quantitative estimate of drug-likeness (QED) is 0.889. The fraction of sp³-hybridized carbons (Fsp3) is 0.200. The number of hydrogen-bond acceptors (Lipinski definition) is 3. The predicted molar refractivity (Wildman–Crippen MR) is 76.2 cm³/mol. The fourth-order valence-electron chi connectivity index (χ4n) is 1.96. The van der Waals surface area contributed by atoms with E-state index < -0.39 is 11.6 Å². The molecule has 0 bridgehead atoms. The molecule has 2 aromatic rings. The van der Waals surface area contributed by atoms with Crippen LogP contribution in [0.1, 0.15) is 15.9 Å². The van der Waals surface area contributed by atoms with Crippen molar-refractivity contribution in [2.75, 3.05) is 18.9 Å². The molecule has 0 saturated heterocycles. The SMILES string of the molecule is CNc1cnccc1C(=O)NCCc1cc(F)cc(F)c1. The summed E-state index contributed by atoms with van der Waals surface area (Å²) in [5.41, 5.74) is 1.58. The normalized spacial score (nSPS) is 10.2. The summed E-state index contributed by atoms with van der Waals surface area (Å²) in [6.07, 6.45) is 3.43. The number of hydrogen-bond donors (Lipinski definition) is 2. The van der Waals surface area contributed by atoms with Gasteiger partial charge in [0.1, 0.15) is 11.6 Å². The first-order chi connectivity index (χ1) is 10.1. The minimum atomic E-state index is -0.622. The maximum atomic E-state index is 13.0. The van der Waals surface area contributed by atoms with Gasteiger partial charge in [-0.2, -0.15) is 0 Å². The topological polar surface area (TPSA) is 54.0 Å². The highest BCUT2D eigenvalue weighted by Crippen LogP contribution is 2.12. The lowest BCUT2D eigenvalue weighted by Gasteiger charge is -2.09. The molecule has 1 aromatic carbocycles. The Morgan fingerprint density at radius 1 is 1.24 bits per heavy atom. The molecular formula is C15H15F2N3O. The molecule has 0 aliphatic carbocycles. The molecule has 0 atom stereocenters. The van der Waals surface area contributed by atoms with Gasteiger partial charge in [-0.15, -0.1) is 0 Å². The highest BCUT2D eigenvalue weighted by atomic mass is 19.1. The first-order valence-electron chi connectivity index (χ1n) is 6.45. The number of carbonyl (C=O) groups excluding carboxylic acids is 1. The van der Waals surface area contributed by atoms with E-state index in [9.17, 15) is 13.6 Å². The highest BCUT2D eigenvalue weighted by molar-refractivity contribution is 5.99. The summed E-state index contributed by atoms with van der Waals surface area (Å²) in [5.74, 6) is -1.51. The highest BCUT2D eigenvalue weighted by Gasteiger charge is 2.10. The molecule has 21 heavy (non-hydrogen) atoms. The zero-order valence-corrected chi connectivity index (χ0v) is 11.5. The van der Waals surface area contributed by atoms with Gasteiger partial charge < -0.3 is 10.6 Å². The van der Waals surface area contributed by atoms with Crippen LogP contribution >= 0.6 is 0 Å². The van der Waals surface area contributed by atoms with Crippen LogP contribution in [0.2, 0.25) is 0 Å². The minimum absolute atomic E-state index is 0.265. The van der Waals surface area contributed by atoms with E-state index in [4.69, 9.17) is 0 Å². The van der Waals surface area contributed by atoms with Crippen LogP contribution in [-0.4, -0.2) is 24.5 Å². The van der Waals surface area contributed by atoms with Gasteiger partial charge in [-0.25, -0.2) is 8.78 Å². The molecule has 1 aromatic heterocycles. The summed E-state index contributed by atoms with van der Waals surface area (Å²) >= 11 is 0. The van der Waals surface area contributed by atoms with Crippen LogP contribution in [0, 0.1) is 11.6 Å². The fourth-order valence-corrected chi connectivity index (χ4v) is 1.96. The van der Waals surface area contributed by atoms with Crippen molar-refractivity contribution in [2.45, 2.75) is 6.42 Å². The van der Waals surface area contributed by atoms with E-state index in [1.165, 1.54) is 18.3 Å². The van der Waals surface area contributed by atoms with Crippen LogP contribution in [0.5, 0.6) is 0 Å². The molecule has 0 radical (unpaired) electrons. The Morgan fingerprint density at radius 3 is 2.62 bits per heavy atom. The Labute approximate surface area is 121 Å². The van der Waals surface area contributed by atoms with E-state index in [0.29, 0.717) is 23.2 Å². The predicted octanol–water partition coefficient (Wildman–Crippen LogP) is 2.37. The van der Waals surface area contributed by atoms with Crippen molar-refractivity contribution in [1.29, 1.82) is 0 Å². The summed E-state index contributed by atoms with van der Waals surface area (Å²) in [5, 5.41) is 5.59. The molecule has 1 heterocycles. The molecule has 0 aliphatic rings. The van der Waals surface area contributed by atoms with Gasteiger partial charge in [0.15, 0.2) is 0 Å². The first kappa shape index (κ1) is 14.9. The minimum Gasteiger partial charge on any atom is -0.386 e. The van der Waals surface area contributed by atoms with Crippen LogP contribution in [0.25, 0.3) is 0 Å². The molecular weight excluding hydrogens is 276 g/mol. The van der Waals surface area contributed by atoms with Crippen LogP contribution in [0.15, 0.2) is 36.7 Å². The summed E-state index contributed by atoms with van der Waals surface area (Å²) in [4.78, 5) is 15.9. The third kappa shape index (κ3) is 3.98. The Balaban J connectivity index is 1.95. The van der Waals surface area contributed by atoms with Crippen molar-refractivity contribution in [3.8, 4) is 0 Å². The van der Waals surface area contributed by atoms with Crippen LogP contribution < -0.4 is 10.6 Å². The smallest absolute Gasteiger partial charge is 0.253 e. The average molecular weight is 291 g/mol. The molecule has 0 spiro atoms. The van der Waals surface area contributed by atoms with Crippen molar-refractivity contribution >= 4 is 11.6 Å². The van der Waals surface area contributed by atoms with Gasteiger partial charge in [-0.1, -0.05) is 0 Å². The van der Waals surface area contributed by atoms with Crippen molar-refractivity contribution in [3.05, 3.63) is 59.4 Å². The largest absolute Gasteiger partial charge is 0.386 e. The summed E-state index contributed by atoms with van der Waals surface area (Å²) in [6.45, 7) is 0.285. The number of rotatable bonds is 5. The van der Waals surface area contributed by atoms with Crippen LogP contribution in [-0.2, 0) is 6.42 Å². The number of nitrogens with zero attached hydrogens (tertiary/aromatic N) is 1. The lowest BCUT2D eigenvalue weighted by molar-refractivity contribution is 0.0955. The molecule has 0 unspecified atom stereocenters. The van der Waals surface area contributed by atoms with Crippen molar-refractivity contribution in [3.63, 3.8) is 0 Å². The second-order valence-corrected chi connectivity index (χ2v) is 4.45. The number of carbonyl (C=O) groups is 1. The van der Waals surface area contributed by atoms with E-state index in [-0.39, 0.29) is 12.5 Å². The monoisotopic (exact) mass is 291 g/mol. The second kappa shape index (κ2) is 6.78. The van der Waals surface area contributed by atoms with E-state index in [0.717, 1.165) is 6.07 Å². The van der Waals surface area contributed by atoms with Gasteiger partial charge in [0.25, 0.3) is 5.91 Å². The van der Waals surface area contributed by atoms with Gasteiger partial charge >= 0.3 is 0 Å². The summed E-state index contributed by atoms with van der Waals surface area (Å²) in [6, 6.07) is 4.92. The van der Waals surface area contributed by atoms with Gasteiger partial charge in [-0.3, -0.25) is 9.78 Å². The average Bonchev–Trinajstić information content (AvgIpc) is 2.46. The van der Waals surface area contributed by atoms with E-state index in [1.807, 2.05) is 0 Å². The zero-order chi connectivity index (χ0) is 15.2. The summed E-state index contributed by atoms with van der Waals surface area (Å²) < 4.78 is 26.1. The Kier molecular flexibility index (Phi) is 4.81. The molecule has 6 heteroatoms. The Bertz CT molecular complexity index is 626. The standard InChI is InChI=1S/C15H15F2N3O/c1-18-14-9-19-4-3-13(14)15(21)20-5-2-10-6-11(16)8-12(17)7-10/h3-4,6-9,18H,2,5H2,1H3,(H,20,21). The van der Waals surface area contributed by atoms with E-state index >= 15 is 0 Å². The van der Waals surface area contributed by atoms with Gasteiger partial charge in [-0.05, 0) is 30.2 Å². The molecule has 2 N–H and O–H groups in total. The lowest BCUT2D eigenvalue weighted by Crippen LogP contribution is -2.26. The Morgan fingerprint density at radius 2 is 1.95 bits per heavy atom. The van der Waals surface area contributed by atoms with Crippen LogP contribution in [0.4, 0.5) is 14.5 Å². The number of anilines is 1. The van der Waals surface area contributed by atoms with Gasteiger partial charge in [0, 0.05) is 25.9 Å². The molecule has 0 fully saturated rings. The first-order valence-corrected chi connectivity index (χ1v) is 6.45. The van der Waals surface area contributed by atoms with Crippen LogP contribution in [0.3, 0.4) is 0 Å². The number of benzene rings is 1. The number of amides is 1. The number of pyridine rings is 1. The van der Waals surface area contributed by atoms with Crippen molar-refractivity contribution < 1.29 is 13.6 Å². The van der Waals surface area contributed by atoms with Crippen molar-refractivity contribution in [2.24, 2.45) is 0 Å². The van der Waals surface area contributed by atoms with E-state index in [2.05, 4.69) is 15.6 Å². The maximum Gasteiger partial charge on any atom is 0.253 e. The second-order valence-electron chi connectivity index (χ2n) is 4.45. The summed E-state index contributed by atoms with van der Waals surface area (Å²) in [7, 11) is 1.70. The molecule has 4 nitrogen and oxygen atoms in total. The number of aromatic nitrogens is 1. The third-order valence-corrected chi connectivity index (χ3v) is 2.96. The molecule has 1 amide bonds. The maximum absolute atomic E-state index is 13.0. The molecule has 0 aliphatic heterocycles. The molecule has 0 saturated carbocycles. The number of nitrogens with one attached hydrogen (secondary N) is 2. The zero-order valence-electron chi connectivity index (χ0n) is 11.5.